The Kier molecular flexibility index (Phi) is 7.43. The van der Waals surface area contributed by atoms with E-state index in [0.29, 0.717) is 12.1 Å². The minimum absolute atomic E-state index is 0.0467. The molecule has 1 aliphatic rings. The first-order valence-electron chi connectivity index (χ1n) is 10.3. The molecular weight excluding hydrogens is 348 g/mol. The number of anilines is 1. The quantitative estimate of drug-likeness (QED) is 0.764. The number of piperidine rings is 1. The minimum atomic E-state index is -0.0467. The Morgan fingerprint density at radius 1 is 1.18 bits per heavy atom. The van der Waals surface area contributed by atoms with Gasteiger partial charge in [0.05, 0.1) is 11.3 Å². The number of hydrogen-bond acceptors (Lipinski definition) is 4. The van der Waals surface area contributed by atoms with Crippen LogP contribution in [-0.2, 0) is 6.42 Å². The highest BCUT2D eigenvalue weighted by Crippen LogP contribution is 2.22. The van der Waals surface area contributed by atoms with Gasteiger partial charge in [-0.05, 0) is 56.3 Å². The number of rotatable bonds is 8. The van der Waals surface area contributed by atoms with Crippen molar-refractivity contribution in [3.05, 3.63) is 59.9 Å². The van der Waals surface area contributed by atoms with Crippen LogP contribution >= 0.6 is 0 Å². The average Bonchev–Trinajstić information content (AvgIpc) is 2.74. The van der Waals surface area contributed by atoms with E-state index in [0.717, 1.165) is 31.2 Å². The number of hydrogen-bond donors (Lipinski definition) is 1. The van der Waals surface area contributed by atoms with Gasteiger partial charge in [0.25, 0.3) is 5.91 Å². The fraction of sp³-hybridized carbons (Fsp3) is 0.478. The number of pyridine rings is 1. The van der Waals surface area contributed by atoms with E-state index in [-0.39, 0.29) is 5.91 Å². The van der Waals surface area contributed by atoms with Crippen LogP contribution in [0, 0.1) is 5.92 Å². The lowest BCUT2D eigenvalue weighted by molar-refractivity contribution is 0.0944. The molecule has 28 heavy (non-hydrogen) atoms. The standard InChI is InChI=1S/C23H32N4O/c1-26(2)22-10-13-24-18-21(22)23(28)25-14-17-27-15-11-20(12-16-27)9-8-19-6-4-3-5-7-19/h3-7,10,13,18,20H,8-9,11-12,14-17H2,1-2H3,(H,25,28). The van der Waals surface area contributed by atoms with E-state index >= 15 is 0 Å². The summed E-state index contributed by atoms with van der Waals surface area (Å²) in [6.07, 6.45) is 8.34. The number of benzene rings is 1. The zero-order chi connectivity index (χ0) is 19.8. The molecule has 2 heterocycles. The molecule has 0 saturated carbocycles. The van der Waals surface area contributed by atoms with Crippen LogP contribution in [0.15, 0.2) is 48.8 Å². The molecule has 1 N–H and O–H groups in total. The Morgan fingerprint density at radius 3 is 2.64 bits per heavy atom. The van der Waals surface area contributed by atoms with Crippen LogP contribution in [0.2, 0.25) is 0 Å². The summed E-state index contributed by atoms with van der Waals surface area (Å²) in [5, 5.41) is 3.05. The van der Waals surface area contributed by atoms with Crippen molar-refractivity contribution in [3.8, 4) is 0 Å². The maximum absolute atomic E-state index is 12.5. The second-order valence-electron chi connectivity index (χ2n) is 7.85. The van der Waals surface area contributed by atoms with Crippen molar-refractivity contribution in [3.63, 3.8) is 0 Å². The van der Waals surface area contributed by atoms with E-state index in [2.05, 4.69) is 45.5 Å². The van der Waals surface area contributed by atoms with Crippen molar-refractivity contribution in [1.82, 2.24) is 15.2 Å². The number of carbonyl (C=O) groups excluding carboxylic acids is 1. The molecule has 1 fully saturated rings. The molecule has 1 saturated heterocycles. The highest BCUT2D eigenvalue weighted by Gasteiger charge is 2.19. The summed E-state index contributed by atoms with van der Waals surface area (Å²) < 4.78 is 0. The van der Waals surface area contributed by atoms with Gasteiger partial charge >= 0.3 is 0 Å². The summed E-state index contributed by atoms with van der Waals surface area (Å²) >= 11 is 0. The molecule has 1 aromatic carbocycles. The Hall–Kier alpha value is -2.40. The highest BCUT2D eigenvalue weighted by atomic mass is 16.1. The second-order valence-corrected chi connectivity index (χ2v) is 7.85. The van der Waals surface area contributed by atoms with Crippen LogP contribution in [0.5, 0.6) is 0 Å². The zero-order valence-corrected chi connectivity index (χ0v) is 17.1. The lowest BCUT2D eigenvalue weighted by atomic mass is 9.90. The summed E-state index contributed by atoms with van der Waals surface area (Å²) in [6, 6.07) is 12.6. The summed E-state index contributed by atoms with van der Waals surface area (Å²) in [7, 11) is 3.88. The highest BCUT2D eigenvalue weighted by molar-refractivity contribution is 5.99. The van der Waals surface area contributed by atoms with Gasteiger partial charge in [-0.3, -0.25) is 9.78 Å². The lowest BCUT2D eigenvalue weighted by Gasteiger charge is -2.32. The molecule has 0 bridgehead atoms. The molecule has 0 unspecified atom stereocenters. The molecule has 0 radical (unpaired) electrons. The van der Waals surface area contributed by atoms with Crippen LogP contribution < -0.4 is 10.2 Å². The van der Waals surface area contributed by atoms with Gasteiger partial charge in [0.15, 0.2) is 0 Å². The molecule has 150 valence electrons. The normalized spacial score (nSPS) is 15.4. The molecule has 3 rings (SSSR count). The summed E-state index contributed by atoms with van der Waals surface area (Å²) in [5.74, 6) is 0.777. The number of aromatic nitrogens is 1. The van der Waals surface area contributed by atoms with Gasteiger partial charge in [-0.25, -0.2) is 0 Å². The molecule has 2 aromatic rings. The summed E-state index contributed by atoms with van der Waals surface area (Å²) in [5.41, 5.74) is 2.97. The van der Waals surface area contributed by atoms with Gasteiger partial charge in [-0.15, -0.1) is 0 Å². The third-order valence-corrected chi connectivity index (χ3v) is 5.63. The fourth-order valence-electron chi connectivity index (χ4n) is 3.89. The monoisotopic (exact) mass is 380 g/mol. The van der Waals surface area contributed by atoms with E-state index in [1.54, 1.807) is 12.4 Å². The predicted octanol–water partition coefficient (Wildman–Crippen LogP) is 3.22. The molecule has 0 aliphatic carbocycles. The lowest BCUT2D eigenvalue weighted by Crippen LogP contribution is -2.39. The number of aryl methyl sites for hydroxylation is 1. The van der Waals surface area contributed by atoms with Crippen LogP contribution in [0.4, 0.5) is 5.69 Å². The maximum atomic E-state index is 12.5. The number of nitrogens with one attached hydrogen (secondary N) is 1. The van der Waals surface area contributed by atoms with Gasteiger partial charge in [0, 0.05) is 39.6 Å². The van der Waals surface area contributed by atoms with Crippen LogP contribution in [0.1, 0.15) is 35.2 Å². The van der Waals surface area contributed by atoms with Gasteiger partial charge < -0.3 is 15.1 Å². The van der Waals surface area contributed by atoms with Gasteiger partial charge in [0.2, 0.25) is 0 Å². The first kappa shape index (κ1) is 20.3. The summed E-state index contributed by atoms with van der Waals surface area (Å²) in [6.45, 7) is 3.85. The van der Waals surface area contributed by atoms with Crippen molar-refractivity contribution < 1.29 is 4.79 Å². The molecule has 0 spiro atoms. The summed E-state index contributed by atoms with van der Waals surface area (Å²) in [4.78, 5) is 21.0. The van der Waals surface area contributed by atoms with E-state index < -0.39 is 0 Å². The van der Waals surface area contributed by atoms with Gasteiger partial charge in [0.1, 0.15) is 0 Å². The van der Waals surface area contributed by atoms with Crippen LogP contribution in [-0.4, -0.2) is 56.1 Å². The third kappa shape index (κ3) is 5.80. The molecule has 0 atom stereocenters. The van der Waals surface area contributed by atoms with E-state index in [1.807, 2.05) is 25.1 Å². The molecule has 5 heteroatoms. The third-order valence-electron chi connectivity index (χ3n) is 5.63. The van der Waals surface area contributed by atoms with Gasteiger partial charge in [-0.2, -0.15) is 0 Å². The van der Waals surface area contributed by atoms with Crippen molar-refractivity contribution in [1.29, 1.82) is 0 Å². The fourth-order valence-corrected chi connectivity index (χ4v) is 3.89. The van der Waals surface area contributed by atoms with E-state index in [4.69, 9.17) is 0 Å². The Bertz CT molecular complexity index is 739. The Morgan fingerprint density at radius 2 is 1.93 bits per heavy atom. The van der Waals surface area contributed by atoms with Gasteiger partial charge in [-0.1, -0.05) is 30.3 Å². The minimum Gasteiger partial charge on any atom is -0.377 e. The number of nitrogens with zero attached hydrogens (tertiary/aromatic N) is 3. The zero-order valence-electron chi connectivity index (χ0n) is 17.1. The molecule has 1 aliphatic heterocycles. The van der Waals surface area contributed by atoms with Crippen molar-refractivity contribution in [2.45, 2.75) is 25.7 Å². The number of carbonyl (C=O) groups is 1. The van der Waals surface area contributed by atoms with E-state index in [9.17, 15) is 4.79 Å². The Labute approximate surface area is 168 Å². The first-order valence-corrected chi connectivity index (χ1v) is 10.3. The largest absolute Gasteiger partial charge is 0.377 e. The molecular formula is C23H32N4O. The number of amides is 1. The van der Waals surface area contributed by atoms with E-state index in [1.165, 1.54) is 31.2 Å². The molecule has 1 amide bonds. The first-order chi connectivity index (χ1) is 13.6. The predicted molar refractivity (Wildman–Crippen MR) is 115 cm³/mol. The van der Waals surface area contributed by atoms with Crippen molar-refractivity contribution in [2.24, 2.45) is 5.92 Å². The second kappa shape index (κ2) is 10.2. The van der Waals surface area contributed by atoms with Crippen LogP contribution in [0.25, 0.3) is 0 Å². The maximum Gasteiger partial charge on any atom is 0.255 e. The molecule has 1 aromatic heterocycles. The smallest absolute Gasteiger partial charge is 0.255 e. The SMILES string of the molecule is CN(C)c1ccncc1C(=O)NCCN1CCC(CCc2ccccc2)CC1. The van der Waals surface area contributed by atoms with Crippen molar-refractivity contribution >= 4 is 11.6 Å². The Balaban J connectivity index is 1.36. The van der Waals surface area contributed by atoms with Crippen molar-refractivity contribution in [2.75, 3.05) is 45.2 Å². The number of likely N-dealkylation sites (tertiary alicyclic amines) is 1. The molecule has 5 nitrogen and oxygen atoms in total. The topological polar surface area (TPSA) is 48.5 Å². The van der Waals surface area contributed by atoms with Crippen LogP contribution in [0.3, 0.4) is 0 Å². The average molecular weight is 381 g/mol.